The Labute approximate surface area is 178 Å². The summed E-state index contributed by atoms with van der Waals surface area (Å²) >= 11 is 1.48. The number of likely N-dealkylation sites (N-methyl/N-ethyl adjacent to an activating group) is 1. The van der Waals surface area contributed by atoms with Gasteiger partial charge in [-0.05, 0) is 35.6 Å². The maximum atomic E-state index is 12.6. The van der Waals surface area contributed by atoms with Crippen LogP contribution in [0.1, 0.15) is 16.5 Å². The molecule has 9 heteroatoms. The standard InChI is InChI=1S/C21H23N3O5S/c1-23-20(26)17-18(15-4-3-11-30-15)24(29-19(17)21(23)27)12-16(25)22-10-9-13-5-7-14(28-2)8-6-13/h3-8,11,17-19H,9-10,12H2,1-2H3,(H,22,25). The number of rotatable bonds is 7. The summed E-state index contributed by atoms with van der Waals surface area (Å²) < 4.78 is 5.14. The van der Waals surface area contributed by atoms with Gasteiger partial charge in [0.15, 0.2) is 6.10 Å². The molecule has 2 aliphatic rings. The zero-order valence-electron chi connectivity index (χ0n) is 16.7. The van der Waals surface area contributed by atoms with E-state index in [1.165, 1.54) is 23.4 Å². The van der Waals surface area contributed by atoms with Crippen LogP contribution in [0.25, 0.3) is 0 Å². The van der Waals surface area contributed by atoms with E-state index in [1.54, 1.807) is 7.11 Å². The fourth-order valence-corrected chi connectivity index (χ4v) is 4.73. The molecule has 0 radical (unpaired) electrons. The Morgan fingerprint density at radius 2 is 1.97 bits per heavy atom. The van der Waals surface area contributed by atoms with E-state index in [9.17, 15) is 14.4 Å². The van der Waals surface area contributed by atoms with Gasteiger partial charge in [-0.15, -0.1) is 11.3 Å². The second-order valence-electron chi connectivity index (χ2n) is 7.27. The number of hydroxylamine groups is 2. The van der Waals surface area contributed by atoms with Crippen LogP contribution in [0.2, 0.25) is 0 Å². The number of thiophene rings is 1. The average Bonchev–Trinajstić information content (AvgIpc) is 3.44. The van der Waals surface area contributed by atoms with Gasteiger partial charge in [0.2, 0.25) is 11.8 Å². The number of amides is 3. The number of imide groups is 1. The first-order valence-corrected chi connectivity index (χ1v) is 10.6. The summed E-state index contributed by atoms with van der Waals surface area (Å²) in [5, 5.41) is 6.26. The Bertz CT molecular complexity index is 931. The normalized spacial score (nSPS) is 23.7. The lowest BCUT2D eigenvalue weighted by Crippen LogP contribution is -2.40. The molecule has 8 nitrogen and oxygen atoms in total. The van der Waals surface area contributed by atoms with Crippen LogP contribution in [0.4, 0.5) is 0 Å². The minimum absolute atomic E-state index is 0.0531. The average molecular weight is 429 g/mol. The molecule has 2 aromatic rings. The predicted octanol–water partition coefficient (Wildman–Crippen LogP) is 1.39. The lowest BCUT2D eigenvalue weighted by molar-refractivity contribution is -0.181. The van der Waals surface area contributed by atoms with Crippen LogP contribution in [-0.2, 0) is 25.6 Å². The molecule has 1 N–H and O–H groups in total. The molecule has 0 aliphatic carbocycles. The van der Waals surface area contributed by atoms with E-state index in [-0.39, 0.29) is 24.3 Å². The summed E-state index contributed by atoms with van der Waals surface area (Å²) in [6.45, 7) is 0.415. The number of nitrogens with one attached hydrogen (secondary N) is 1. The number of fused-ring (bicyclic) bond motifs is 1. The molecular weight excluding hydrogens is 406 g/mol. The van der Waals surface area contributed by atoms with E-state index in [4.69, 9.17) is 9.57 Å². The molecule has 30 heavy (non-hydrogen) atoms. The monoisotopic (exact) mass is 429 g/mol. The van der Waals surface area contributed by atoms with E-state index in [2.05, 4.69) is 5.32 Å². The smallest absolute Gasteiger partial charge is 0.261 e. The molecule has 2 fully saturated rings. The van der Waals surface area contributed by atoms with Gasteiger partial charge in [0, 0.05) is 18.5 Å². The number of carbonyl (C=O) groups is 3. The molecule has 1 aromatic carbocycles. The van der Waals surface area contributed by atoms with Crippen molar-refractivity contribution < 1.29 is 24.0 Å². The minimum Gasteiger partial charge on any atom is -0.497 e. The van der Waals surface area contributed by atoms with E-state index in [0.29, 0.717) is 13.0 Å². The van der Waals surface area contributed by atoms with Gasteiger partial charge in [-0.1, -0.05) is 18.2 Å². The molecule has 158 valence electrons. The van der Waals surface area contributed by atoms with Gasteiger partial charge in [-0.25, -0.2) is 0 Å². The van der Waals surface area contributed by atoms with E-state index >= 15 is 0 Å². The first kappa shape index (κ1) is 20.5. The molecule has 3 heterocycles. The molecule has 0 bridgehead atoms. The fourth-order valence-electron chi connectivity index (χ4n) is 3.86. The van der Waals surface area contributed by atoms with Gasteiger partial charge < -0.3 is 10.1 Å². The molecular formula is C21H23N3O5S. The number of benzene rings is 1. The SMILES string of the molecule is COc1ccc(CCNC(=O)CN2OC3C(=O)N(C)C(=O)C3C2c2cccs2)cc1. The highest BCUT2D eigenvalue weighted by molar-refractivity contribution is 7.10. The Morgan fingerprint density at radius 1 is 1.20 bits per heavy atom. The second kappa shape index (κ2) is 8.55. The Morgan fingerprint density at radius 3 is 2.63 bits per heavy atom. The molecule has 3 unspecified atom stereocenters. The summed E-state index contributed by atoms with van der Waals surface area (Å²) in [6.07, 6.45) is -0.195. The van der Waals surface area contributed by atoms with Crippen LogP contribution < -0.4 is 10.1 Å². The van der Waals surface area contributed by atoms with Crippen molar-refractivity contribution in [3.8, 4) is 5.75 Å². The van der Waals surface area contributed by atoms with E-state index in [1.807, 2.05) is 41.8 Å². The van der Waals surface area contributed by atoms with Crippen molar-refractivity contribution in [2.24, 2.45) is 5.92 Å². The first-order chi connectivity index (χ1) is 14.5. The number of hydrogen-bond acceptors (Lipinski definition) is 7. The van der Waals surface area contributed by atoms with E-state index in [0.717, 1.165) is 21.1 Å². The molecule has 1 aromatic heterocycles. The molecule has 4 rings (SSSR count). The Kier molecular flexibility index (Phi) is 5.85. The predicted molar refractivity (Wildman–Crippen MR) is 110 cm³/mol. The third-order valence-corrected chi connectivity index (χ3v) is 6.39. The fraction of sp³-hybridized carbons (Fsp3) is 0.381. The van der Waals surface area contributed by atoms with Crippen LogP contribution in [0.15, 0.2) is 41.8 Å². The molecule has 2 aliphatic heterocycles. The van der Waals surface area contributed by atoms with Crippen molar-refractivity contribution in [1.29, 1.82) is 0 Å². The first-order valence-electron chi connectivity index (χ1n) is 9.67. The minimum atomic E-state index is -0.873. The molecule has 0 saturated carbocycles. The lowest BCUT2D eigenvalue weighted by Gasteiger charge is -2.24. The third kappa shape index (κ3) is 3.83. The molecule has 3 atom stereocenters. The van der Waals surface area contributed by atoms with Crippen LogP contribution in [-0.4, -0.2) is 61.0 Å². The maximum absolute atomic E-state index is 12.6. The largest absolute Gasteiger partial charge is 0.497 e. The van der Waals surface area contributed by atoms with Crippen molar-refractivity contribution >= 4 is 29.1 Å². The van der Waals surface area contributed by atoms with Crippen molar-refractivity contribution in [3.05, 3.63) is 52.2 Å². The zero-order valence-corrected chi connectivity index (χ0v) is 17.6. The van der Waals surface area contributed by atoms with Gasteiger partial charge in [0.1, 0.15) is 12.3 Å². The number of nitrogens with zero attached hydrogens (tertiary/aromatic N) is 2. The highest BCUT2D eigenvalue weighted by Crippen LogP contribution is 2.45. The van der Waals surface area contributed by atoms with Gasteiger partial charge in [-0.3, -0.25) is 24.1 Å². The van der Waals surface area contributed by atoms with Crippen LogP contribution in [0, 0.1) is 5.92 Å². The van der Waals surface area contributed by atoms with Crippen LogP contribution in [0.5, 0.6) is 5.75 Å². The zero-order chi connectivity index (χ0) is 21.3. The summed E-state index contributed by atoms with van der Waals surface area (Å²) in [5.41, 5.74) is 1.08. The van der Waals surface area contributed by atoms with Gasteiger partial charge in [-0.2, -0.15) is 5.06 Å². The summed E-state index contributed by atoms with van der Waals surface area (Å²) in [4.78, 5) is 45.3. The van der Waals surface area contributed by atoms with Crippen molar-refractivity contribution in [2.45, 2.75) is 18.6 Å². The third-order valence-electron chi connectivity index (χ3n) is 5.44. The topological polar surface area (TPSA) is 88.2 Å². The van der Waals surface area contributed by atoms with Gasteiger partial charge >= 0.3 is 0 Å². The van der Waals surface area contributed by atoms with Crippen LogP contribution in [0.3, 0.4) is 0 Å². The van der Waals surface area contributed by atoms with Gasteiger partial charge in [0.05, 0.1) is 19.1 Å². The Balaban J connectivity index is 1.38. The van der Waals surface area contributed by atoms with Crippen molar-refractivity contribution in [2.75, 3.05) is 27.2 Å². The molecule has 3 amide bonds. The molecule has 2 saturated heterocycles. The Hall–Kier alpha value is -2.75. The van der Waals surface area contributed by atoms with Gasteiger partial charge in [0.25, 0.3) is 5.91 Å². The molecule has 0 spiro atoms. The number of likely N-dealkylation sites (tertiary alicyclic amines) is 1. The van der Waals surface area contributed by atoms with E-state index < -0.39 is 18.1 Å². The number of hydrogen-bond donors (Lipinski definition) is 1. The van der Waals surface area contributed by atoms with Crippen LogP contribution >= 0.6 is 11.3 Å². The lowest BCUT2D eigenvalue weighted by atomic mass is 9.95. The number of ether oxygens (including phenoxy) is 1. The highest BCUT2D eigenvalue weighted by atomic mass is 32.1. The quantitative estimate of drug-likeness (QED) is 0.670. The second-order valence-corrected chi connectivity index (χ2v) is 8.25. The maximum Gasteiger partial charge on any atom is 0.261 e. The summed E-state index contributed by atoms with van der Waals surface area (Å²) in [6, 6.07) is 11.0. The highest BCUT2D eigenvalue weighted by Gasteiger charge is 2.59. The number of methoxy groups -OCH3 is 1. The van der Waals surface area contributed by atoms with Crippen molar-refractivity contribution in [3.63, 3.8) is 0 Å². The summed E-state index contributed by atoms with van der Waals surface area (Å²) in [5.74, 6) is -0.708. The number of carbonyl (C=O) groups excluding carboxylic acids is 3. The summed E-state index contributed by atoms with van der Waals surface area (Å²) in [7, 11) is 3.08. The van der Waals surface area contributed by atoms with Crippen molar-refractivity contribution in [1.82, 2.24) is 15.3 Å².